The van der Waals surface area contributed by atoms with E-state index in [0.29, 0.717) is 0 Å². The normalized spacial score (nSPS) is 27.5. The third-order valence-corrected chi connectivity index (χ3v) is 2.66. The average Bonchev–Trinajstić information content (AvgIpc) is 2.65. The number of esters is 1. The van der Waals surface area contributed by atoms with Crippen LogP contribution in [0.1, 0.15) is 6.42 Å². The number of aliphatic hydroxyl groups excluding tert-OH is 5. The minimum atomic E-state index is -1.74. The third-order valence-electron chi connectivity index (χ3n) is 2.66. The molecule has 0 radical (unpaired) electrons. The van der Waals surface area contributed by atoms with Gasteiger partial charge in [-0.1, -0.05) is 6.58 Å². The zero-order chi connectivity index (χ0) is 13.2. The summed E-state index contributed by atoms with van der Waals surface area (Å²) in [4.78, 5) is 11.0. The van der Waals surface area contributed by atoms with Crippen molar-refractivity contribution in [3.63, 3.8) is 0 Å². The predicted molar refractivity (Wildman–Crippen MR) is 54.8 cm³/mol. The molecule has 1 aliphatic heterocycles. The maximum Gasteiger partial charge on any atom is 0.333 e. The molecule has 17 heavy (non-hydrogen) atoms. The summed E-state index contributed by atoms with van der Waals surface area (Å²) in [5, 5.41) is 46.2. The number of carbonyl (C=O) groups excluding carboxylic acids is 1. The first-order valence-electron chi connectivity index (χ1n) is 5.10. The lowest BCUT2D eigenvalue weighted by Gasteiger charge is -2.28. The average molecular weight is 248 g/mol. The Morgan fingerprint density at radius 2 is 1.88 bits per heavy atom. The maximum absolute atomic E-state index is 11.0. The SMILES string of the molecule is C=C1C[C@@H]([C@@H](O)[C@@H](O)[C@H](O)[C@H](O)CO)OC1=O. The van der Waals surface area contributed by atoms with Gasteiger partial charge in [0.1, 0.15) is 30.5 Å². The van der Waals surface area contributed by atoms with Crippen LogP contribution in [0.25, 0.3) is 0 Å². The van der Waals surface area contributed by atoms with E-state index in [0.717, 1.165) is 0 Å². The molecule has 1 saturated heterocycles. The van der Waals surface area contributed by atoms with Crippen LogP contribution in [0.3, 0.4) is 0 Å². The molecule has 0 spiro atoms. The second-order valence-corrected chi connectivity index (χ2v) is 3.97. The smallest absolute Gasteiger partial charge is 0.333 e. The van der Waals surface area contributed by atoms with Gasteiger partial charge in [-0.25, -0.2) is 4.79 Å². The minimum Gasteiger partial charge on any atom is -0.456 e. The topological polar surface area (TPSA) is 127 Å². The lowest BCUT2D eigenvalue weighted by Crippen LogP contribution is -2.49. The van der Waals surface area contributed by atoms with Gasteiger partial charge in [0.2, 0.25) is 0 Å². The maximum atomic E-state index is 11.0. The first-order chi connectivity index (χ1) is 7.88. The van der Waals surface area contributed by atoms with E-state index in [1.807, 2.05) is 0 Å². The summed E-state index contributed by atoms with van der Waals surface area (Å²) in [6, 6.07) is 0. The summed E-state index contributed by atoms with van der Waals surface area (Å²) in [5.41, 5.74) is 0.165. The van der Waals surface area contributed by atoms with Crippen LogP contribution in [0.15, 0.2) is 12.2 Å². The Hall–Kier alpha value is -0.990. The van der Waals surface area contributed by atoms with Crippen LogP contribution in [-0.4, -0.2) is 68.6 Å². The van der Waals surface area contributed by atoms with Crippen molar-refractivity contribution < 1.29 is 35.1 Å². The molecule has 7 nitrogen and oxygen atoms in total. The zero-order valence-electron chi connectivity index (χ0n) is 9.06. The first-order valence-corrected chi connectivity index (χ1v) is 5.10. The highest BCUT2D eigenvalue weighted by Gasteiger charge is 2.40. The van der Waals surface area contributed by atoms with Crippen LogP contribution in [0, 0.1) is 0 Å². The molecule has 0 aromatic rings. The molecule has 0 aliphatic carbocycles. The summed E-state index contributed by atoms with van der Waals surface area (Å²) in [5.74, 6) is -0.668. The van der Waals surface area contributed by atoms with Crippen LogP contribution in [-0.2, 0) is 9.53 Å². The first kappa shape index (κ1) is 14.1. The van der Waals surface area contributed by atoms with Gasteiger partial charge in [0.15, 0.2) is 0 Å². The highest BCUT2D eigenvalue weighted by Crippen LogP contribution is 2.24. The highest BCUT2D eigenvalue weighted by atomic mass is 16.6. The van der Waals surface area contributed by atoms with E-state index in [1.165, 1.54) is 0 Å². The molecule has 0 bridgehead atoms. The summed E-state index contributed by atoms with van der Waals surface area (Å²) in [6.45, 7) is 2.64. The number of hydrogen-bond donors (Lipinski definition) is 5. The molecule has 1 aliphatic rings. The van der Waals surface area contributed by atoms with Gasteiger partial charge in [-0.15, -0.1) is 0 Å². The van der Waals surface area contributed by atoms with Gasteiger partial charge in [-0.3, -0.25) is 0 Å². The molecule has 0 saturated carbocycles. The number of ether oxygens (including phenoxy) is 1. The number of aliphatic hydroxyl groups is 5. The molecule has 1 heterocycles. The summed E-state index contributed by atoms with van der Waals surface area (Å²) < 4.78 is 4.72. The molecule has 1 fully saturated rings. The Kier molecular flexibility index (Phi) is 4.61. The number of cyclic esters (lactones) is 1. The molecule has 5 atom stereocenters. The second-order valence-electron chi connectivity index (χ2n) is 3.97. The Balaban J connectivity index is 2.61. The molecule has 0 aromatic heterocycles. The van der Waals surface area contributed by atoms with Crippen LogP contribution in [0.4, 0.5) is 0 Å². The largest absolute Gasteiger partial charge is 0.456 e. The van der Waals surface area contributed by atoms with Gasteiger partial charge in [0.05, 0.1) is 6.61 Å². The van der Waals surface area contributed by atoms with Crippen LogP contribution in [0.2, 0.25) is 0 Å². The van der Waals surface area contributed by atoms with Gasteiger partial charge < -0.3 is 30.3 Å². The van der Waals surface area contributed by atoms with E-state index in [-0.39, 0.29) is 12.0 Å². The van der Waals surface area contributed by atoms with Gasteiger partial charge in [0, 0.05) is 12.0 Å². The van der Waals surface area contributed by atoms with E-state index < -0.39 is 43.1 Å². The number of rotatable bonds is 5. The summed E-state index contributed by atoms with van der Waals surface area (Å²) in [6.07, 6.45) is -7.58. The zero-order valence-corrected chi connectivity index (χ0v) is 9.06. The molecule has 0 aromatic carbocycles. The lowest BCUT2D eigenvalue weighted by atomic mass is 9.97. The van der Waals surface area contributed by atoms with Gasteiger partial charge >= 0.3 is 5.97 Å². The lowest BCUT2D eigenvalue weighted by molar-refractivity contribution is -0.159. The second kappa shape index (κ2) is 5.56. The van der Waals surface area contributed by atoms with Crippen molar-refractivity contribution in [2.75, 3.05) is 6.61 Å². The van der Waals surface area contributed by atoms with Crippen molar-refractivity contribution in [2.45, 2.75) is 36.9 Å². The van der Waals surface area contributed by atoms with Gasteiger partial charge in [-0.2, -0.15) is 0 Å². The van der Waals surface area contributed by atoms with Crippen molar-refractivity contribution in [3.8, 4) is 0 Å². The van der Waals surface area contributed by atoms with E-state index >= 15 is 0 Å². The van der Waals surface area contributed by atoms with E-state index in [2.05, 4.69) is 6.58 Å². The number of hydrogen-bond acceptors (Lipinski definition) is 7. The molecular formula is C10H16O7. The molecule has 1 rings (SSSR count). The van der Waals surface area contributed by atoms with E-state index in [9.17, 15) is 20.1 Å². The molecule has 0 amide bonds. The summed E-state index contributed by atoms with van der Waals surface area (Å²) >= 11 is 0. The van der Waals surface area contributed by atoms with Crippen LogP contribution < -0.4 is 0 Å². The molecular weight excluding hydrogens is 232 g/mol. The van der Waals surface area contributed by atoms with Crippen molar-refractivity contribution in [3.05, 3.63) is 12.2 Å². The molecule has 98 valence electrons. The Morgan fingerprint density at radius 3 is 2.29 bits per heavy atom. The Bertz CT molecular complexity index is 287. The fourth-order valence-corrected chi connectivity index (χ4v) is 1.54. The van der Waals surface area contributed by atoms with Crippen LogP contribution >= 0.6 is 0 Å². The fourth-order valence-electron chi connectivity index (χ4n) is 1.54. The Morgan fingerprint density at radius 1 is 1.29 bits per heavy atom. The number of carbonyl (C=O) groups is 1. The van der Waals surface area contributed by atoms with Crippen molar-refractivity contribution in [1.29, 1.82) is 0 Å². The molecule has 5 N–H and O–H groups in total. The predicted octanol–water partition coefficient (Wildman–Crippen LogP) is -2.71. The fraction of sp³-hybridized carbons (Fsp3) is 0.700. The van der Waals surface area contributed by atoms with Gasteiger partial charge in [-0.05, 0) is 0 Å². The van der Waals surface area contributed by atoms with Crippen molar-refractivity contribution in [2.24, 2.45) is 0 Å². The standard InChI is InChI=1S/C10H16O7/c1-4-2-6(17-10(4)16)8(14)9(15)7(13)5(12)3-11/h5-9,11-15H,1-3H2/t5-,6+,7-,8-,9+/m1/s1. The van der Waals surface area contributed by atoms with Crippen molar-refractivity contribution >= 4 is 5.97 Å². The van der Waals surface area contributed by atoms with E-state index in [4.69, 9.17) is 14.9 Å². The van der Waals surface area contributed by atoms with Gasteiger partial charge in [0.25, 0.3) is 0 Å². The highest BCUT2D eigenvalue weighted by molar-refractivity contribution is 5.90. The monoisotopic (exact) mass is 248 g/mol. The minimum absolute atomic E-state index is 0.0407. The third kappa shape index (κ3) is 3.02. The summed E-state index contributed by atoms with van der Waals surface area (Å²) in [7, 11) is 0. The molecule has 0 unspecified atom stereocenters. The van der Waals surface area contributed by atoms with E-state index in [1.54, 1.807) is 0 Å². The van der Waals surface area contributed by atoms with Crippen LogP contribution in [0.5, 0.6) is 0 Å². The van der Waals surface area contributed by atoms with Crippen molar-refractivity contribution in [1.82, 2.24) is 0 Å². The Labute approximate surface area is 97.6 Å². The molecule has 7 heteroatoms. The quantitative estimate of drug-likeness (QED) is 0.264.